The highest BCUT2D eigenvalue weighted by atomic mass is 32.2. The molecular formula is C14H21NO4S. The Labute approximate surface area is 120 Å². The SMILES string of the molecule is COc1cc(N)ccc1S(=O)(=O)CC1CCC(C)(C)O1. The topological polar surface area (TPSA) is 78.6 Å². The number of rotatable bonds is 4. The Hall–Kier alpha value is -1.27. The fraction of sp³-hybridized carbons (Fsp3) is 0.571. The predicted molar refractivity (Wildman–Crippen MR) is 77.6 cm³/mol. The molecule has 1 fully saturated rings. The molecule has 1 saturated heterocycles. The minimum atomic E-state index is -3.46. The Bertz CT molecular complexity index is 595. The molecular weight excluding hydrogens is 278 g/mol. The van der Waals surface area contributed by atoms with Gasteiger partial charge in [0.05, 0.1) is 24.6 Å². The van der Waals surface area contributed by atoms with E-state index in [1.165, 1.54) is 19.2 Å². The van der Waals surface area contributed by atoms with Gasteiger partial charge in [-0.3, -0.25) is 0 Å². The highest BCUT2D eigenvalue weighted by Crippen LogP contribution is 2.33. The first-order valence-corrected chi connectivity index (χ1v) is 8.23. The normalized spacial score (nSPS) is 21.9. The Morgan fingerprint density at radius 1 is 1.45 bits per heavy atom. The van der Waals surface area contributed by atoms with Crippen LogP contribution in [0.15, 0.2) is 23.1 Å². The molecule has 5 nitrogen and oxygen atoms in total. The lowest BCUT2D eigenvalue weighted by Gasteiger charge is -2.19. The van der Waals surface area contributed by atoms with Crippen LogP contribution in [-0.4, -0.2) is 33.0 Å². The van der Waals surface area contributed by atoms with Crippen molar-refractivity contribution < 1.29 is 17.9 Å². The zero-order chi connectivity index (χ0) is 15.0. The number of sulfone groups is 1. The maximum absolute atomic E-state index is 12.5. The van der Waals surface area contributed by atoms with Gasteiger partial charge in [-0.2, -0.15) is 0 Å². The number of ether oxygens (including phenoxy) is 2. The lowest BCUT2D eigenvalue weighted by Crippen LogP contribution is -2.25. The van der Waals surface area contributed by atoms with Crippen molar-refractivity contribution in [2.45, 2.75) is 43.3 Å². The molecule has 1 aromatic carbocycles. The molecule has 1 aliphatic rings. The van der Waals surface area contributed by atoms with Gasteiger partial charge in [-0.1, -0.05) is 0 Å². The Balaban J connectivity index is 2.23. The summed E-state index contributed by atoms with van der Waals surface area (Å²) in [4.78, 5) is 0.169. The molecule has 2 rings (SSSR count). The summed E-state index contributed by atoms with van der Waals surface area (Å²) >= 11 is 0. The van der Waals surface area contributed by atoms with Crippen LogP contribution in [0.1, 0.15) is 26.7 Å². The Morgan fingerprint density at radius 2 is 2.15 bits per heavy atom. The third kappa shape index (κ3) is 3.24. The van der Waals surface area contributed by atoms with E-state index in [9.17, 15) is 8.42 Å². The molecule has 1 aromatic rings. The predicted octanol–water partition coefficient (Wildman–Crippen LogP) is 2.01. The molecule has 1 heterocycles. The van der Waals surface area contributed by atoms with Gasteiger partial charge in [0.25, 0.3) is 0 Å². The number of anilines is 1. The second-order valence-corrected chi connectivity index (χ2v) is 7.73. The lowest BCUT2D eigenvalue weighted by molar-refractivity contribution is -0.00528. The van der Waals surface area contributed by atoms with E-state index in [1.54, 1.807) is 6.07 Å². The van der Waals surface area contributed by atoms with Gasteiger partial charge >= 0.3 is 0 Å². The van der Waals surface area contributed by atoms with Gasteiger partial charge in [-0.05, 0) is 38.8 Å². The van der Waals surface area contributed by atoms with Crippen molar-refractivity contribution in [3.8, 4) is 5.75 Å². The quantitative estimate of drug-likeness (QED) is 0.860. The summed E-state index contributed by atoms with van der Waals surface area (Å²) in [7, 11) is -2.03. The van der Waals surface area contributed by atoms with Crippen molar-refractivity contribution >= 4 is 15.5 Å². The van der Waals surface area contributed by atoms with E-state index < -0.39 is 9.84 Å². The standard InChI is InChI=1S/C14H21NO4S/c1-14(2)7-6-11(19-14)9-20(16,17)13-5-4-10(15)8-12(13)18-3/h4-5,8,11H,6-7,9,15H2,1-3H3. The highest BCUT2D eigenvalue weighted by molar-refractivity contribution is 7.91. The zero-order valence-corrected chi connectivity index (χ0v) is 12.9. The largest absolute Gasteiger partial charge is 0.495 e. The van der Waals surface area contributed by atoms with Gasteiger partial charge in [0, 0.05) is 11.8 Å². The van der Waals surface area contributed by atoms with Gasteiger partial charge in [0.1, 0.15) is 10.6 Å². The Morgan fingerprint density at radius 3 is 2.70 bits per heavy atom. The smallest absolute Gasteiger partial charge is 0.184 e. The van der Waals surface area contributed by atoms with Crippen LogP contribution in [0.25, 0.3) is 0 Å². The molecule has 1 unspecified atom stereocenters. The summed E-state index contributed by atoms with van der Waals surface area (Å²) in [6.07, 6.45) is 1.35. The number of benzene rings is 1. The van der Waals surface area contributed by atoms with E-state index in [1.807, 2.05) is 13.8 Å². The van der Waals surface area contributed by atoms with Crippen LogP contribution < -0.4 is 10.5 Å². The van der Waals surface area contributed by atoms with E-state index in [4.69, 9.17) is 15.2 Å². The monoisotopic (exact) mass is 299 g/mol. The van der Waals surface area contributed by atoms with Crippen LogP contribution in [0.2, 0.25) is 0 Å². The van der Waals surface area contributed by atoms with Crippen LogP contribution in [-0.2, 0) is 14.6 Å². The maximum atomic E-state index is 12.5. The van der Waals surface area contributed by atoms with Gasteiger partial charge in [0.15, 0.2) is 9.84 Å². The fourth-order valence-corrected chi connectivity index (χ4v) is 4.10. The summed E-state index contributed by atoms with van der Waals surface area (Å²) in [5.74, 6) is 0.249. The van der Waals surface area contributed by atoms with Crippen molar-refractivity contribution in [3.05, 3.63) is 18.2 Å². The number of hydrogen-bond donors (Lipinski definition) is 1. The van der Waals surface area contributed by atoms with Gasteiger partial charge in [-0.15, -0.1) is 0 Å². The first-order chi connectivity index (χ1) is 9.23. The average Bonchev–Trinajstić information content (AvgIpc) is 2.67. The molecule has 1 aliphatic heterocycles. The van der Waals surface area contributed by atoms with Crippen molar-refractivity contribution in [2.24, 2.45) is 0 Å². The first kappa shape index (κ1) is 15.1. The summed E-state index contributed by atoms with van der Waals surface area (Å²) < 4.78 is 35.9. The summed E-state index contributed by atoms with van der Waals surface area (Å²) in [6, 6.07) is 4.57. The van der Waals surface area contributed by atoms with Crippen LogP contribution in [0, 0.1) is 0 Å². The molecule has 112 valence electrons. The maximum Gasteiger partial charge on any atom is 0.184 e. The van der Waals surface area contributed by atoms with Crippen molar-refractivity contribution in [1.82, 2.24) is 0 Å². The molecule has 0 radical (unpaired) electrons. The summed E-state index contributed by atoms with van der Waals surface area (Å²) in [5, 5.41) is 0. The van der Waals surface area contributed by atoms with Gasteiger partial charge in [0.2, 0.25) is 0 Å². The second kappa shape index (κ2) is 5.26. The molecule has 20 heavy (non-hydrogen) atoms. The van der Waals surface area contributed by atoms with Crippen LogP contribution in [0.5, 0.6) is 5.75 Å². The molecule has 1 atom stereocenters. The molecule has 6 heteroatoms. The fourth-order valence-electron chi connectivity index (χ4n) is 2.47. The van der Waals surface area contributed by atoms with Crippen LogP contribution >= 0.6 is 0 Å². The van der Waals surface area contributed by atoms with E-state index in [-0.39, 0.29) is 28.1 Å². The number of nitrogen functional groups attached to an aromatic ring is 1. The first-order valence-electron chi connectivity index (χ1n) is 6.58. The van der Waals surface area contributed by atoms with E-state index >= 15 is 0 Å². The Kier molecular flexibility index (Phi) is 3.97. The molecule has 0 saturated carbocycles. The van der Waals surface area contributed by atoms with E-state index in [0.29, 0.717) is 5.69 Å². The van der Waals surface area contributed by atoms with Crippen LogP contribution in [0.4, 0.5) is 5.69 Å². The number of nitrogens with two attached hydrogens (primary N) is 1. The summed E-state index contributed by atoms with van der Waals surface area (Å²) in [6.45, 7) is 3.95. The molecule has 0 aliphatic carbocycles. The molecule has 0 aromatic heterocycles. The van der Waals surface area contributed by atoms with Crippen molar-refractivity contribution in [1.29, 1.82) is 0 Å². The minimum absolute atomic E-state index is 0.0310. The van der Waals surface area contributed by atoms with Crippen molar-refractivity contribution in [2.75, 3.05) is 18.6 Å². The zero-order valence-electron chi connectivity index (χ0n) is 12.0. The van der Waals surface area contributed by atoms with Crippen LogP contribution in [0.3, 0.4) is 0 Å². The van der Waals surface area contributed by atoms with Gasteiger partial charge < -0.3 is 15.2 Å². The molecule has 0 bridgehead atoms. The average molecular weight is 299 g/mol. The van der Waals surface area contributed by atoms with Crippen molar-refractivity contribution in [3.63, 3.8) is 0 Å². The van der Waals surface area contributed by atoms with Gasteiger partial charge in [-0.25, -0.2) is 8.42 Å². The molecule has 2 N–H and O–H groups in total. The number of hydrogen-bond acceptors (Lipinski definition) is 5. The second-order valence-electron chi connectivity index (χ2n) is 5.73. The third-order valence-electron chi connectivity index (χ3n) is 3.48. The highest BCUT2D eigenvalue weighted by Gasteiger charge is 2.35. The van der Waals surface area contributed by atoms with E-state index in [2.05, 4.69) is 0 Å². The summed E-state index contributed by atoms with van der Waals surface area (Å²) in [5.41, 5.74) is 5.87. The van der Waals surface area contributed by atoms with E-state index in [0.717, 1.165) is 12.8 Å². The number of methoxy groups -OCH3 is 1. The third-order valence-corrected chi connectivity index (χ3v) is 5.30. The minimum Gasteiger partial charge on any atom is -0.495 e. The molecule has 0 spiro atoms. The lowest BCUT2D eigenvalue weighted by atomic mass is 10.1. The molecule has 0 amide bonds.